The lowest BCUT2D eigenvalue weighted by Crippen LogP contribution is -2.40. The zero-order valence-corrected chi connectivity index (χ0v) is 9.35. The fourth-order valence-corrected chi connectivity index (χ4v) is 1.60. The van der Waals surface area contributed by atoms with Crippen LogP contribution in [0.25, 0.3) is 0 Å². The molecule has 1 rings (SSSR count). The first-order valence-electron chi connectivity index (χ1n) is 5.14. The third-order valence-electron chi connectivity index (χ3n) is 3.14. The summed E-state index contributed by atoms with van der Waals surface area (Å²) in [7, 11) is 0. The Morgan fingerprint density at radius 3 is 2.53 bits per heavy atom. The molecule has 0 aliphatic heterocycles. The van der Waals surface area contributed by atoms with Crippen LogP contribution in [-0.4, -0.2) is 0 Å². The Hall–Kier alpha value is -0.960. The van der Waals surface area contributed by atoms with Crippen molar-refractivity contribution in [1.82, 2.24) is 0 Å². The zero-order chi connectivity index (χ0) is 11.6. The van der Waals surface area contributed by atoms with E-state index >= 15 is 0 Å². The summed E-state index contributed by atoms with van der Waals surface area (Å²) in [5.41, 5.74) is 5.47. The van der Waals surface area contributed by atoms with E-state index in [9.17, 15) is 8.78 Å². The molecule has 2 N–H and O–H groups in total. The second-order valence-electron chi connectivity index (χ2n) is 4.22. The number of halogens is 2. The van der Waals surface area contributed by atoms with Gasteiger partial charge in [0.25, 0.3) is 0 Å². The van der Waals surface area contributed by atoms with Crippen molar-refractivity contribution in [3.63, 3.8) is 0 Å². The monoisotopic (exact) mass is 213 g/mol. The van der Waals surface area contributed by atoms with E-state index < -0.39 is 17.2 Å². The van der Waals surface area contributed by atoms with Crippen LogP contribution in [0.4, 0.5) is 8.78 Å². The second kappa shape index (κ2) is 4.27. The van der Waals surface area contributed by atoms with Crippen LogP contribution >= 0.6 is 0 Å². The van der Waals surface area contributed by atoms with E-state index in [2.05, 4.69) is 0 Å². The predicted molar refractivity (Wildman–Crippen MR) is 57.4 cm³/mol. The number of hydrogen-bond acceptors (Lipinski definition) is 1. The summed E-state index contributed by atoms with van der Waals surface area (Å²) in [6, 6.07) is 3.41. The highest BCUT2D eigenvalue weighted by atomic mass is 19.1. The Balaban J connectivity index is 3.19. The maximum absolute atomic E-state index is 13.5. The van der Waals surface area contributed by atoms with Gasteiger partial charge in [-0.3, -0.25) is 0 Å². The van der Waals surface area contributed by atoms with E-state index in [-0.39, 0.29) is 11.5 Å². The lowest BCUT2D eigenvalue weighted by molar-refractivity contribution is 0.304. The lowest BCUT2D eigenvalue weighted by atomic mass is 9.80. The molecule has 2 unspecified atom stereocenters. The van der Waals surface area contributed by atoms with Crippen LogP contribution in [0.15, 0.2) is 18.2 Å². The van der Waals surface area contributed by atoms with Gasteiger partial charge in [0.15, 0.2) is 0 Å². The van der Waals surface area contributed by atoms with Crippen molar-refractivity contribution in [2.24, 2.45) is 11.7 Å². The Bertz CT molecular complexity index is 347. The SMILES string of the molecule is CCC(C)C(C)(N)c1cc(F)ccc1F. The van der Waals surface area contributed by atoms with Crippen molar-refractivity contribution >= 4 is 0 Å². The van der Waals surface area contributed by atoms with Crippen LogP contribution < -0.4 is 5.73 Å². The van der Waals surface area contributed by atoms with Crippen LogP contribution in [0.2, 0.25) is 0 Å². The van der Waals surface area contributed by atoms with Crippen molar-refractivity contribution < 1.29 is 8.78 Å². The molecule has 0 spiro atoms. The van der Waals surface area contributed by atoms with Gasteiger partial charge in [-0.2, -0.15) is 0 Å². The summed E-state index contributed by atoms with van der Waals surface area (Å²) in [6.07, 6.45) is 0.822. The average Bonchev–Trinajstić information content (AvgIpc) is 2.20. The summed E-state index contributed by atoms with van der Waals surface area (Å²) in [6.45, 7) is 5.65. The number of benzene rings is 1. The molecule has 0 saturated heterocycles. The maximum atomic E-state index is 13.5. The Labute approximate surface area is 89.3 Å². The summed E-state index contributed by atoms with van der Waals surface area (Å²) in [5, 5.41) is 0. The first-order valence-corrected chi connectivity index (χ1v) is 5.14. The molecule has 0 aliphatic rings. The maximum Gasteiger partial charge on any atom is 0.128 e. The summed E-state index contributed by atoms with van der Waals surface area (Å²) in [5.74, 6) is -0.804. The normalized spacial score (nSPS) is 17.2. The van der Waals surface area contributed by atoms with E-state index in [1.165, 1.54) is 6.07 Å². The highest BCUT2D eigenvalue weighted by Crippen LogP contribution is 2.30. The van der Waals surface area contributed by atoms with Gasteiger partial charge in [0.1, 0.15) is 11.6 Å². The summed E-state index contributed by atoms with van der Waals surface area (Å²) < 4.78 is 26.5. The van der Waals surface area contributed by atoms with E-state index in [0.29, 0.717) is 0 Å². The van der Waals surface area contributed by atoms with Crippen molar-refractivity contribution in [2.75, 3.05) is 0 Å². The second-order valence-corrected chi connectivity index (χ2v) is 4.22. The van der Waals surface area contributed by atoms with Gasteiger partial charge >= 0.3 is 0 Å². The molecule has 1 nitrogen and oxygen atoms in total. The molecule has 0 aliphatic carbocycles. The van der Waals surface area contributed by atoms with Crippen molar-refractivity contribution in [3.05, 3.63) is 35.4 Å². The van der Waals surface area contributed by atoms with E-state index in [0.717, 1.165) is 18.6 Å². The molecule has 1 aromatic carbocycles. The van der Waals surface area contributed by atoms with Gasteiger partial charge in [-0.15, -0.1) is 0 Å². The minimum atomic E-state index is -0.832. The standard InChI is InChI=1S/C12H17F2N/c1-4-8(2)12(3,15)10-7-9(13)5-6-11(10)14/h5-8H,4,15H2,1-3H3. The molecule has 2 atom stereocenters. The van der Waals surface area contributed by atoms with Crippen LogP contribution in [0.3, 0.4) is 0 Å². The number of rotatable bonds is 3. The highest BCUT2D eigenvalue weighted by molar-refractivity contribution is 5.26. The smallest absolute Gasteiger partial charge is 0.128 e. The van der Waals surface area contributed by atoms with Gasteiger partial charge in [-0.1, -0.05) is 20.3 Å². The van der Waals surface area contributed by atoms with Gasteiger partial charge in [0, 0.05) is 11.1 Å². The minimum absolute atomic E-state index is 0.0915. The first kappa shape index (κ1) is 12.1. The van der Waals surface area contributed by atoms with Gasteiger partial charge in [0.05, 0.1) is 0 Å². The van der Waals surface area contributed by atoms with Crippen molar-refractivity contribution in [1.29, 1.82) is 0 Å². The van der Waals surface area contributed by atoms with Crippen LogP contribution in [0.1, 0.15) is 32.8 Å². The van der Waals surface area contributed by atoms with E-state index in [1.807, 2.05) is 13.8 Å². The number of hydrogen-bond donors (Lipinski definition) is 1. The van der Waals surface area contributed by atoms with Crippen LogP contribution in [0.5, 0.6) is 0 Å². The topological polar surface area (TPSA) is 26.0 Å². The summed E-state index contributed by atoms with van der Waals surface area (Å²) in [4.78, 5) is 0. The molecule has 3 heteroatoms. The van der Waals surface area contributed by atoms with Gasteiger partial charge in [-0.05, 0) is 31.0 Å². The molecule has 0 heterocycles. The highest BCUT2D eigenvalue weighted by Gasteiger charge is 2.30. The molecule has 15 heavy (non-hydrogen) atoms. The molecule has 0 radical (unpaired) electrons. The van der Waals surface area contributed by atoms with E-state index in [1.54, 1.807) is 6.92 Å². The molecule has 1 aromatic rings. The molecule has 84 valence electrons. The fourth-order valence-electron chi connectivity index (χ4n) is 1.60. The van der Waals surface area contributed by atoms with Gasteiger partial charge in [0.2, 0.25) is 0 Å². The number of nitrogens with two attached hydrogens (primary N) is 1. The molecule has 0 fully saturated rings. The molecular formula is C12H17F2N. The van der Waals surface area contributed by atoms with Crippen LogP contribution in [-0.2, 0) is 5.54 Å². The average molecular weight is 213 g/mol. The Morgan fingerprint density at radius 2 is 2.00 bits per heavy atom. The quantitative estimate of drug-likeness (QED) is 0.819. The Kier molecular flexibility index (Phi) is 3.45. The van der Waals surface area contributed by atoms with E-state index in [4.69, 9.17) is 5.73 Å². The van der Waals surface area contributed by atoms with Crippen molar-refractivity contribution in [2.45, 2.75) is 32.7 Å². The summed E-state index contributed by atoms with van der Waals surface area (Å²) >= 11 is 0. The molecule has 0 bridgehead atoms. The third kappa shape index (κ3) is 2.34. The molecular weight excluding hydrogens is 196 g/mol. The third-order valence-corrected chi connectivity index (χ3v) is 3.14. The molecule has 0 saturated carbocycles. The van der Waals surface area contributed by atoms with Crippen LogP contribution in [0, 0.1) is 17.6 Å². The van der Waals surface area contributed by atoms with Gasteiger partial charge < -0.3 is 5.73 Å². The minimum Gasteiger partial charge on any atom is -0.321 e. The fraction of sp³-hybridized carbons (Fsp3) is 0.500. The predicted octanol–water partition coefficient (Wildman–Crippen LogP) is 3.18. The largest absolute Gasteiger partial charge is 0.321 e. The zero-order valence-electron chi connectivity index (χ0n) is 9.35. The van der Waals surface area contributed by atoms with Crippen molar-refractivity contribution in [3.8, 4) is 0 Å². The molecule has 0 amide bonds. The lowest BCUT2D eigenvalue weighted by Gasteiger charge is -2.31. The Morgan fingerprint density at radius 1 is 1.40 bits per heavy atom. The van der Waals surface area contributed by atoms with Gasteiger partial charge in [-0.25, -0.2) is 8.78 Å². The first-order chi connectivity index (χ1) is 6.89. The molecule has 0 aromatic heterocycles.